The molecule has 7 heteroatoms. The van der Waals surface area contributed by atoms with Crippen molar-refractivity contribution in [2.24, 2.45) is 23.7 Å². The molecule has 3 aliphatic carbocycles. The number of hydrogen-bond donors (Lipinski definition) is 1. The van der Waals surface area contributed by atoms with Crippen LogP contribution in [0.25, 0.3) is 11.1 Å². The van der Waals surface area contributed by atoms with E-state index in [2.05, 4.69) is 5.32 Å². The Hall–Kier alpha value is -4.39. The van der Waals surface area contributed by atoms with Crippen molar-refractivity contribution in [1.29, 1.82) is 0 Å². The van der Waals surface area contributed by atoms with Crippen molar-refractivity contribution in [3.05, 3.63) is 101 Å². The predicted octanol–water partition coefficient (Wildman–Crippen LogP) is 4.91. The highest BCUT2D eigenvalue weighted by molar-refractivity contribution is 6.22. The number of fused-ring (bicyclic) bond motifs is 8. The van der Waals surface area contributed by atoms with E-state index in [1.165, 1.54) is 29.2 Å². The Bertz CT molecular complexity index is 1550. The zero-order chi connectivity index (χ0) is 26.1. The summed E-state index contributed by atoms with van der Waals surface area (Å²) in [7, 11) is 0. The maximum absolute atomic E-state index is 13.7. The lowest BCUT2D eigenvalue weighted by atomic mass is 9.85. The highest BCUT2D eigenvalue weighted by atomic mass is 19.1. The lowest BCUT2D eigenvalue weighted by Gasteiger charge is -2.28. The second-order valence-electron chi connectivity index (χ2n) is 10.5. The number of halogens is 1. The fraction of sp³-hybridized carbons (Fsp3) is 0.226. The highest BCUT2D eigenvalue weighted by Gasteiger charge is 2.60. The van der Waals surface area contributed by atoms with Crippen molar-refractivity contribution in [3.63, 3.8) is 0 Å². The minimum atomic E-state index is -0.860. The molecule has 0 aromatic heterocycles. The van der Waals surface area contributed by atoms with Gasteiger partial charge in [-0.1, -0.05) is 54.6 Å². The van der Waals surface area contributed by atoms with Crippen molar-refractivity contribution in [1.82, 2.24) is 4.90 Å². The Morgan fingerprint density at radius 3 is 2.16 bits per heavy atom. The van der Waals surface area contributed by atoms with Crippen molar-refractivity contribution in [2.75, 3.05) is 5.32 Å². The molecule has 0 spiro atoms. The summed E-state index contributed by atoms with van der Waals surface area (Å²) in [6.45, 7) is 0. The first kappa shape index (κ1) is 22.8. The number of benzene rings is 3. The zero-order valence-corrected chi connectivity index (χ0v) is 20.3. The first-order valence-electron chi connectivity index (χ1n) is 12.8. The van der Waals surface area contributed by atoms with Crippen LogP contribution >= 0.6 is 0 Å². The molecule has 7 rings (SSSR count). The Morgan fingerprint density at radius 2 is 1.47 bits per heavy atom. The van der Waals surface area contributed by atoms with Gasteiger partial charge in [0, 0.05) is 16.8 Å². The number of anilines is 1. The van der Waals surface area contributed by atoms with E-state index in [1.807, 2.05) is 36.4 Å². The van der Waals surface area contributed by atoms with Gasteiger partial charge in [-0.3, -0.25) is 24.1 Å². The molecular weight excluding hydrogens is 483 g/mol. The molecule has 2 fully saturated rings. The van der Waals surface area contributed by atoms with E-state index < -0.39 is 29.6 Å². The molecule has 3 aromatic rings. The number of ketones is 1. The molecule has 1 heterocycles. The minimum Gasteiger partial charge on any atom is -0.326 e. The van der Waals surface area contributed by atoms with Crippen LogP contribution in [-0.4, -0.2) is 28.4 Å². The van der Waals surface area contributed by atoms with E-state index in [1.54, 1.807) is 18.2 Å². The van der Waals surface area contributed by atoms with E-state index in [0.717, 1.165) is 17.5 Å². The molecule has 1 aliphatic heterocycles. The molecule has 4 aliphatic rings. The van der Waals surface area contributed by atoms with Gasteiger partial charge < -0.3 is 5.32 Å². The van der Waals surface area contributed by atoms with Crippen LogP contribution in [-0.2, 0) is 14.4 Å². The third-order valence-corrected chi connectivity index (χ3v) is 8.46. The van der Waals surface area contributed by atoms with E-state index in [4.69, 9.17) is 0 Å². The normalized spacial score (nSPS) is 25.0. The molecule has 5 unspecified atom stereocenters. The SMILES string of the molecule is O=C(CC(c1ccc(F)cc1)N1C(=O)C2C3C=CC(C3)C2C1=O)Nc1ccc2c(c1)C(=O)c1ccccc1-2. The van der Waals surface area contributed by atoms with Gasteiger partial charge in [0.2, 0.25) is 17.7 Å². The first-order valence-corrected chi connectivity index (χ1v) is 12.8. The standard InChI is InChI=1S/C31H23FN2O4/c32-19-9-7-16(8-10-19)25(34-30(37)27-17-5-6-18(13-17)28(27)31(34)38)15-26(35)33-20-11-12-22-21-3-1-2-4-23(21)29(36)24(22)14-20/h1-12,14,17-18,25,27-28H,13,15H2,(H,33,35). The number of allylic oxidation sites excluding steroid dienone is 2. The molecule has 2 bridgehead atoms. The van der Waals surface area contributed by atoms with E-state index in [0.29, 0.717) is 22.4 Å². The van der Waals surface area contributed by atoms with Crippen LogP contribution in [0.5, 0.6) is 0 Å². The first-order chi connectivity index (χ1) is 18.4. The molecule has 1 saturated heterocycles. The largest absolute Gasteiger partial charge is 0.326 e. The third kappa shape index (κ3) is 3.31. The number of imide groups is 1. The number of carbonyl (C=O) groups is 4. The second kappa shape index (κ2) is 8.31. The molecule has 3 aromatic carbocycles. The van der Waals surface area contributed by atoms with E-state index in [-0.39, 0.29) is 35.9 Å². The summed E-state index contributed by atoms with van der Waals surface area (Å²) in [5.41, 5.74) is 3.79. The number of nitrogens with one attached hydrogen (secondary N) is 1. The highest BCUT2D eigenvalue weighted by Crippen LogP contribution is 2.54. The summed E-state index contributed by atoms with van der Waals surface area (Å²) in [6, 6.07) is 17.3. The van der Waals surface area contributed by atoms with Crippen molar-refractivity contribution < 1.29 is 23.6 Å². The molecular formula is C31H23FN2O4. The topological polar surface area (TPSA) is 83.6 Å². The minimum absolute atomic E-state index is 0.0437. The summed E-state index contributed by atoms with van der Waals surface area (Å²) >= 11 is 0. The summed E-state index contributed by atoms with van der Waals surface area (Å²) < 4.78 is 13.7. The average molecular weight is 507 g/mol. The Labute approximate surface area is 218 Å². The lowest BCUT2D eigenvalue weighted by molar-refractivity contribution is -0.144. The van der Waals surface area contributed by atoms with Gasteiger partial charge in [0.15, 0.2) is 5.78 Å². The van der Waals surface area contributed by atoms with Crippen LogP contribution in [0, 0.1) is 29.5 Å². The van der Waals surface area contributed by atoms with E-state index >= 15 is 0 Å². The summed E-state index contributed by atoms with van der Waals surface area (Å²) in [6.07, 6.45) is 4.67. The lowest BCUT2D eigenvalue weighted by Crippen LogP contribution is -2.38. The molecule has 188 valence electrons. The van der Waals surface area contributed by atoms with Gasteiger partial charge in [0.1, 0.15) is 5.82 Å². The quantitative estimate of drug-likeness (QED) is 0.308. The Morgan fingerprint density at radius 1 is 0.842 bits per heavy atom. The second-order valence-corrected chi connectivity index (χ2v) is 10.5. The van der Waals surface area contributed by atoms with Crippen LogP contribution in [0.1, 0.15) is 40.4 Å². The van der Waals surface area contributed by atoms with Crippen molar-refractivity contribution in [2.45, 2.75) is 18.9 Å². The maximum Gasteiger partial charge on any atom is 0.234 e. The molecule has 6 nitrogen and oxygen atoms in total. The van der Waals surface area contributed by atoms with Crippen LogP contribution in [0.4, 0.5) is 10.1 Å². The number of rotatable bonds is 5. The maximum atomic E-state index is 13.7. The predicted molar refractivity (Wildman–Crippen MR) is 137 cm³/mol. The molecule has 3 amide bonds. The van der Waals surface area contributed by atoms with Crippen LogP contribution in [0.15, 0.2) is 78.9 Å². The van der Waals surface area contributed by atoms with Crippen LogP contribution < -0.4 is 5.32 Å². The molecule has 5 atom stereocenters. The number of nitrogens with zero attached hydrogens (tertiary/aromatic N) is 1. The molecule has 38 heavy (non-hydrogen) atoms. The number of likely N-dealkylation sites (tertiary alicyclic amines) is 1. The Kier molecular flexibility index (Phi) is 4.98. The van der Waals surface area contributed by atoms with Crippen LogP contribution in [0.2, 0.25) is 0 Å². The number of amides is 3. The van der Waals surface area contributed by atoms with Gasteiger partial charge in [-0.15, -0.1) is 0 Å². The number of carbonyl (C=O) groups excluding carboxylic acids is 4. The summed E-state index contributed by atoms with van der Waals surface area (Å²) in [5, 5.41) is 2.84. The van der Waals surface area contributed by atoms with Gasteiger partial charge >= 0.3 is 0 Å². The monoisotopic (exact) mass is 506 g/mol. The third-order valence-electron chi connectivity index (χ3n) is 8.46. The van der Waals surface area contributed by atoms with Gasteiger partial charge in [-0.05, 0) is 59.2 Å². The van der Waals surface area contributed by atoms with Crippen LogP contribution in [0.3, 0.4) is 0 Å². The Balaban J connectivity index is 1.16. The molecule has 0 radical (unpaired) electrons. The van der Waals surface area contributed by atoms with Crippen molar-refractivity contribution >= 4 is 29.2 Å². The van der Waals surface area contributed by atoms with Gasteiger partial charge in [0.25, 0.3) is 0 Å². The fourth-order valence-electron chi connectivity index (χ4n) is 6.77. The van der Waals surface area contributed by atoms with Gasteiger partial charge in [-0.25, -0.2) is 4.39 Å². The number of hydrogen-bond acceptors (Lipinski definition) is 4. The molecule has 1 N–H and O–H groups in total. The van der Waals surface area contributed by atoms with Gasteiger partial charge in [-0.2, -0.15) is 0 Å². The molecule has 1 saturated carbocycles. The summed E-state index contributed by atoms with van der Waals surface area (Å²) in [5.74, 6) is -2.19. The van der Waals surface area contributed by atoms with E-state index in [9.17, 15) is 23.6 Å². The zero-order valence-electron chi connectivity index (χ0n) is 20.3. The summed E-state index contributed by atoms with van der Waals surface area (Å²) in [4.78, 5) is 54.4. The average Bonchev–Trinajstić information content (AvgIpc) is 3.66. The van der Waals surface area contributed by atoms with Crippen molar-refractivity contribution in [3.8, 4) is 11.1 Å². The fourth-order valence-corrected chi connectivity index (χ4v) is 6.77. The van der Waals surface area contributed by atoms with Gasteiger partial charge in [0.05, 0.1) is 24.3 Å². The smallest absolute Gasteiger partial charge is 0.234 e.